The zero-order valence-corrected chi connectivity index (χ0v) is 14.1. The SMILES string of the molecule is O=C1COc2cc(NC(=O)c3cc4cc(Cl)ccc4o3)c(Cl)cc2N1. The van der Waals surface area contributed by atoms with Gasteiger partial charge in [0.05, 0.1) is 16.4 Å². The van der Waals surface area contributed by atoms with Gasteiger partial charge in [0, 0.05) is 16.5 Å². The number of rotatable bonds is 2. The minimum Gasteiger partial charge on any atom is -0.482 e. The quantitative estimate of drug-likeness (QED) is 0.697. The fraction of sp³-hybridized carbons (Fsp3) is 0.0588. The van der Waals surface area contributed by atoms with Crippen LogP contribution in [-0.2, 0) is 4.79 Å². The van der Waals surface area contributed by atoms with E-state index < -0.39 is 5.91 Å². The van der Waals surface area contributed by atoms with Crippen molar-refractivity contribution in [3.8, 4) is 5.75 Å². The molecule has 0 saturated carbocycles. The normalized spacial score (nSPS) is 13.1. The molecule has 2 heterocycles. The predicted octanol–water partition coefficient (Wildman–Crippen LogP) is 4.32. The number of hydrogen-bond acceptors (Lipinski definition) is 4. The van der Waals surface area contributed by atoms with Crippen molar-refractivity contribution in [1.29, 1.82) is 0 Å². The molecule has 2 N–H and O–H groups in total. The molecule has 1 aromatic heterocycles. The Morgan fingerprint density at radius 2 is 2.00 bits per heavy atom. The molecule has 0 bridgehead atoms. The van der Waals surface area contributed by atoms with E-state index >= 15 is 0 Å². The van der Waals surface area contributed by atoms with E-state index in [-0.39, 0.29) is 23.3 Å². The molecule has 4 rings (SSSR count). The van der Waals surface area contributed by atoms with Crippen molar-refractivity contribution in [2.24, 2.45) is 0 Å². The van der Waals surface area contributed by atoms with Crippen molar-refractivity contribution in [2.75, 3.05) is 17.2 Å². The number of fused-ring (bicyclic) bond motifs is 2. The largest absolute Gasteiger partial charge is 0.482 e. The van der Waals surface area contributed by atoms with Crippen molar-refractivity contribution in [3.63, 3.8) is 0 Å². The lowest BCUT2D eigenvalue weighted by molar-refractivity contribution is -0.118. The zero-order valence-electron chi connectivity index (χ0n) is 12.6. The summed E-state index contributed by atoms with van der Waals surface area (Å²) in [5.41, 5.74) is 1.36. The summed E-state index contributed by atoms with van der Waals surface area (Å²) < 4.78 is 10.8. The van der Waals surface area contributed by atoms with Crippen LogP contribution in [0.5, 0.6) is 5.75 Å². The molecule has 1 aliphatic heterocycles. The van der Waals surface area contributed by atoms with Gasteiger partial charge in [-0.1, -0.05) is 23.2 Å². The fourth-order valence-corrected chi connectivity index (χ4v) is 2.90. The smallest absolute Gasteiger partial charge is 0.291 e. The van der Waals surface area contributed by atoms with Crippen LogP contribution in [0.4, 0.5) is 11.4 Å². The fourth-order valence-electron chi connectivity index (χ4n) is 2.51. The molecule has 0 radical (unpaired) electrons. The second-order valence-corrected chi connectivity index (χ2v) is 6.26. The first-order valence-corrected chi connectivity index (χ1v) is 8.02. The van der Waals surface area contributed by atoms with Crippen molar-refractivity contribution in [3.05, 3.63) is 52.2 Å². The Bertz CT molecular complexity index is 1030. The maximum absolute atomic E-state index is 12.4. The van der Waals surface area contributed by atoms with Gasteiger partial charge < -0.3 is 19.8 Å². The minimum absolute atomic E-state index is 0.0909. The summed E-state index contributed by atoms with van der Waals surface area (Å²) in [4.78, 5) is 23.8. The van der Waals surface area contributed by atoms with Crippen LogP contribution in [-0.4, -0.2) is 18.4 Å². The molecule has 8 heteroatoms. The number of hydrogen-bond donors (Lipinski definition) is 2. The first-order chi connectivity index (χ1) is 12.0. The zero-order chi connectivity index (χ0) is 17.6. The van der Waals surface area contributed by atoms with E-state index in [0.717, 1.165) is 5.39 Å². The van der Waals surface area contributed by atoms with E-state index in [1.807, 2.05) is 0 Å². The summed E-state index contributed by atoms with van der Waals surface area (Å²) in [6.45, 7) is -0.0909. The number of halogens is 2. The molecule has 0 unspecified atom stereocenters. The van der Waals surface area contributed by atoms with Gasteiger partial charge in [-0.15, -0.1) is 0 Å². The second kappa shape index (κ2) is 5.98. The number of ether oxygens (including phenoxy) is 1. The van der Waals surface area contributed by atoms with Gasteiger partial charge in [-0.2, -0.15) is 0 Å². The Morgan fingerprint density at radius 3 is 2.84 bits per heavy atom. The highest BCUT2D eigenvalue weighted by atomic mass is 35.5. The topological polar surface area (TPSA) is 80.6 Å². The van der Waals surface area contributed by atoms with E-state index in [2.05, 4.69) is 10.6 Å². The van der Waals surface area contributed by atoms with E-state index in [1.165, 1.54) is 6.07 Å². The summed E-state index contributed by atoms with van der Waals surface area (Å²) >= 11 is 12.1. The monoisotopic (exact) mass is 376 g/mol. The Kier molecular flexibility index (Phi) is 3.78. The molecule has 0 saturated heterocycles. The van der Waals surface area contributed by atoms with Gasteiger partial charge in [0.1, 0.15) is 11.3 Å². The molecule has 0 aliphatic carbocycles. The highest BCUT2D eigenvalue weighted by Crippen LogP contribution is 2.36. The van der Waals surface area contributed by atoms with Gasteiger partial charge in [-0.25, -0.2) is 0 Å². The average Bonchev–Trinajstić information content (AvgIpc) is 2.99. The van der Waals surface area contributed by atoms with Crippen LogP contribution >= 0.6 is 23.2 Å². The van der Waals surface area contributed by atoms with E-state index in [4.69, 9.17) is 32.4 Å². The second-order valence-electron chi connectivity index (χ2n) is 5.41. The summed E-state index contributed by atoms with van der Waals surface area (Å²) in [7, 11) is 0. The summed E-state index contributed by atoms with van der Waals surface area (Å²) in [6.07, 6.45) is 0. The van der Waals surface area contributed by atoms with Crippen LogP contribution in [0, 0.1) is 0 Å². The summed E-state index contributed by atoms with van der Waals surface area (Å²) in [6, 6.07) is 9.74. The highest BCUT2D eigenvalue weighted by Gasteiger charge is 2.20. The van der Waals surface area contributed by atoms with Crippen LogP contribution in [0.2, 0.25) is 10.0 Å². The van der Waals surface area contributed by atoms with Gasteiger partial charge in [0.25, 0.3) is 11.8 Å². The Labute approximate surface area is 151 Å². The number of benzene rings is 2. The molecule has 6 nitrogen and oxygen atoms in total. The van der Waals surface area contributed by atoms with E-state index in [0.29, 0.717) is 27.7 Å². The number of anilines is 2. The Balaban J connectivity index is 1.62. The third-order valence-electron chi connectivity index (χ3n) is 3.65. The van der Waals surface area contributed by atoms with Gasteiger partial charge in [0.2, 0.25) is 0 Å². The molecule has 0 atom stereocenters. The van der Waals surface area contributed by atoms with E-state index in [1.54, 1.807) is 30.3 Å². The molecule has 1 aliphatic rings. The van der Waals surface area contributed by atoms with Crippen LogP contribution in [0.1, 0.15) is 10.6 Å². The summed E-state index contributed by atoms with van der Waals surface area (Å²) in [5, 5.41) is 6.85. The van der Waals surface area contributed by atoms with Crippen molar-refractivity contribution in [2.45, 2.75) is 0 Å². The van der Waals surface area contributed by atoms with Gasteiger partial charge in [-0.05, 0) is 30.3 Å². The lowest BCUT2D eigenvalue weighted by Crippen LogP contribution is -2.25. The average molecular weight is 377 g/mol. The van der Waals surface area contributed by atoms with Gasteiger partial charge >= 0.3 is 0 Å². The van der Waals surface area contributed by atoms with Crippen LogP contribution in [0.25, 0.3) is 11.0 Å². The van der Waals surface area contributed by atoms with Crippen LogP contribution < -0.4 is 15.4 Å². The third kappa shape index (κ3) is 3.01. The standard InChI is InChI=1S/C17H10Cl2N2O4/c18-9-1-2-13-8(3-9)4-15(25-13)17(23)21-11-6-14-12(5-10(11)19)20-16(22)7-24-14/h1-6H,7H2,(H,20,22)(H,21,23). The lowest BCUT2D eigenvalue weighted by Gasteiger charge is -2.19. The molecule has 2 amide bonds. The molecular formula is C17H10Cl2N2O4. The number of nitrogens with one attached hydrogen (secondary N) is 2. The number of amides is 2. The van der Waals surface area contributed by atoms with Crippen LogP contribution in [0.15, 0.2) is 40.8 Å². The predicted molar refractivity (Wildman–Crippen MR) is 94.8 cm³/mol. The minimum atomic E-state index is -0.464. The van der Waals surface area contributed by atoms with Crippen molar-refractivity contribution < 1.29 is 18.7 Å². The first-order valence-electron chi connectivity index (χ1n) is 7.26. The van der Waals surface area contributed by atoms with E-state index in [9.17, 15) is 9.59 Å². The lowest BCUT2D eigenvalue weighted by atomic mass is 10.2. The molecule has 0 spiro atoms. The van der Waals surface area contributed by atoms with Crippen molar-refractivity contribution >= 4 is 57.4 Å². The third-order valence-corrected chi connectivity index (χ3v) is 4.20. The molecule has 2 aromatic carbocycles. The van der Waals surface area contributed by atoms with Crippen LogP contribution in [0.3, 0.4) is 0 Å². The highest BCUT2D eigenvalue weighted by molar-refractivity contribution is 6.34. The van der Waals surface area contributed by atoms with Crippen molar-refractivity contribution in [1.82, 2.24) is 0 Å². The van der Waals surface area contributed by atoms with Gasteiger partial charge in [0.15, 0.2) is 12.4 Å². The molecule has 0 fully saturated rings. The number of carbonyl (C=O) groups excluding carboxylic acids is 2. The maximum Gasteiger partial charge on any atom is 0.291 e. The Morgan fingerprint density at radius 1 is 1.16 bits per heavy atom. The first kappa shape index (κ1) is 15.8. The Hall–Kier alpha value is -2.70. The molecule has 126 valence electrons. The maximum atomic E-state index is 12.4. The summed E-state index contributed by atoms with van der Waals surface area (Å²) in [5.74, 6) is -0.175. The number of furan rings is 1. The molecule has 3 aromatic rings. The molecule has 25 heavy (non-hydrogen) atoms. The molecular weight excluding hydrogens is 367 g/mol. The number of carbonyl (C=O) groups is 2. The van der Waals surface area contributed by atoms with Gasteiger partial charge in [-0.3, -0.25) is 9.59 Å².